The van der Waals surface area contributed by atoms with Crippen molar-refractivity contribution in [1.82, 2.24) is 14.8 Å². The van der Waals surface area contributed by atoms with Gasteiger partial charge in [-0.3, -0.25) is 0 Å². The van der Waals surface area contributed by atoms with Crippen molar-refractivity contribution >= 4 is 34.9 Å². The number of aromatic nitrogens is 3. The van der Waals surface area contributed by atoms with E-state index in [9.17, 15) is 18.4 Å². The zero-order valence-electron chi connectivity index (χ0n) is 15.4. The number of alkyl halides is 3. The largest absolute Gasteiger partial charge is 0.435 e. The predicted molar refractivity (Wildman–Crippen MR) is 107 cm³/mol. The van der Waals surface area contributed by atoms with Crippen molar-refractivity contribution in [2.24, 2.45) is 5.16 Å². The monoisotopic (exact) mass is 466 g/mol. The first kappa shape index (κ1) is 21.0. The van der Waals surface area contributed by atoms with Gasteiger partial charge in [-0.1, -0.05) is 34.4 Å². The fourth-order valence-electron chi connectivity index (χ4n) is 3.24. The molecule has 1 aliphatic heterocycles. The molecule has 1 atom stereocenters. The van der Waals surface area contributed by atoms with Crippen molar-refractivity contribution in [3.63, 3.8) is 0 Å². The fraction of sp³-hybridized carbons (Fsp3) is 0.158. The first-order chi connectivity index (χ1) is 14.6. The van der Waals surface area contributed by atoms with Crippen LogP contribution in [0.2, 0.25) is 10.0 Å². The van der Waals surface area contributed by atoms with Crippen LogP contribution in [-0.2, 0) is 10.4 Å². The molecule has 2 heterocycles. The second kappa shape index (κ2) is 7.44. The molecule has 31 heavy (non-hydrogen) atoms. The van der Waals surface area contributed by atoms with Crippen LogP contribution in [0, 0.1) is 11.3 Å². The second-order valence-corrected chi connectivity index (χ2v) is 7.55. The zero-order valence-corrected chi connectivity index (χ0v) is 16.9. The molecule has 0 bridgehead atoms. The Morgan fingerprint density at radius 1 is 1.16 bits per heavy atom. The Bertz CT molecular complexity index is 1230. The first-order valence-electron chi connectivity index (χ1n) is 8.63. The summed E-state index contributed by atoms with van der Waals surface area (Å²) in [6.07, 6.45) is -4.13. The highest BCUT2D eigenvalue weighted by Gasteiger charge is 2.62. The van der Waals surface area contributed by atoms with Crippen LogP contribution in [0.3, 0.4) is 0 Å². The van der Waals surface area contributed by atoms with Crippen LogP contribution in [0.25, 0.3) is 5.69 Å². The van der Waals surface area contributed by atoms with Gasteiger partial charge in [0.1, 0.15) is 12.4 Å². The molecule has 1 aromatic heterocycles. The van der Waals surface area contributed by atoms with E-state index in [0.717, 1.165) is 12.1 Å². The molecule has 0 radical (unpaired) electrons. The lowest BCUT2D eigenvalue weighted by Gasteiger charge is -2.29. The van der Waals surface area contributed by atoms with Crippen molar-refractivity contribution < 1.29 is 18.0 Å². The molecule has 0 aliphatic carbocycles. The molecule has 1 aliphatic rings. The molecule has 3 aromatic rings. The minimum atomic E-state index is -4.82. The van der Waals surface area contributed by atoms with E-state index < -0.39 is 18.2 Å². The Morgan fingerprint density at radius 2 is 1.87 bits per heavy atom. The lowest BCUT2D eigenvalue weighted by Crippen LogP contribution is -2.42. The van der Waals surface area contributed by atoms with Gasteiger partial charge in [-0.25, -0.2) is 9.67 Å². The molecule has 0 saturated heterocycles. The number of nitrogens with two attached hydrogens (primary N) is 1. The molecule has 0 fully saturated rings. The Hall–Kier alpha value is -3.29. The van der Waals surface area contributed by atoms with Gasteiger partial charge in [-0.05, 0) is 30.3 Å². The number of nitrogens with zero attached hydrogens (tertiary/aromatic N) is 5. The normalized spacial score (nSPS) is 18.4. The highest BCUT2D eigenvalue weighted by molar-refractivity contribution is 6.34. The first-order valence-corrected chi connectivity index (χ1v) is 9.39. The summed E-state index contributed by atoms with van der Waals surface area (Å²) < 4.78 is 43.7. The average molecular weight is 467 g/mol. The van der Waals surface area contributed by atoms with E-state index >= 15 is 0 Å². The van der Waals surface area contributed by atoms with Crippen molar-refractivity contribution in [3.8, 4) is 11.8 Å². The van der Waals surface area contributed by atoms with Crippen molar-refractivity contribution in [1.29, 1.82) is 5.26 Å². The number of oxime groups is 1. The summed E-state index contributed by atoms with van der Waals surface area (Å²) in [6, 6.07) is 9.99. The molecule has 0 saturated carbocycles. The Labute approximate surface area is 183 Å². The van der Waals surface area contributed by atoms with E-state index in [2.05, 4.69) is 15.2 Å². The maximum Gasteiger partial charge on any atom is 0.435 e. The van der Waals surface area contributed by atoms with E-state index in [4.69, 9.17) is 33.8 Å². The topological polar surface area (TPSA) is 102 Å². The summed E-state index contributed by atoms with van der Waals surface area (Å²) in [6.45, 7) is 0. The smallest absolute Gasteiger partial charge is 0.374 e. The van der Waals surface area contributed by atoms with E-state index in [-0.39, 0.29) is 38.4 Å². The molecule has 12 heteroatoms. The molecule has 0 spiro atoms. The van der Waals surface area contributed by atoms with E-state index in [1.807, 2.05) is 6.07 Å². The van der Waals surface area contributed by atoms with Gasteiger partial charge < -0.3 is 10.6 Å². The number of halogens is 5. The summed E-state index contributed by atoms with van der Waals surface area (Å²) in [5.74, 6) is 0.0108. The third kappa shape index (κ3) is 3.66. The summed E-state index contributed by atoms with van der Waals surface area (Å²) in [7, 11) is 0. The molecule has 7 nitrogen and oxygen atoms in total. The summed E-state index contributed by atoms with van der Waals surface area (Å²) in [4.78, 5) is 8.77. The number of rotatable bonds is 3. The van der Waals surface area contributed by atoms with Gasteiger partial charge >= 0.3 is 6.18 Å². The molecule has 158 valence electrons. The molecular weight excluding hydrogens is 456 g/mol. The lowest BCUT2D eigenvalue weighted by atomic mass is 9.86. The van der Waals surface area contributed by atoms with Gasteiger partial charge in [0.05, 0.1) is 17.0 Å². The molecule has 1 unspecified atom stereocenters. The quantitative estimate of drug-likeness (QED) is 0.606. The van der Waals surface area contributed by atoms with Gasteiger partial charge in [-0.15, -0.1) is 5.10 Å². The van der Waals surface area contributed by atoms with Crippen molar-refractivity contribution in [2.75, 3.05) is 5.73 Å². The molecule has 2 aromatic carbocycles. The van der Waals surface area contributed by atoms with Gasteiger partial charge in [0.25, 0.3) is 5.60 Å². The Balaban J connectivity index is 1.73. The number of nitriles is 1. The predicted octanol–water partition coefficient (Wildman–Crippen LogP) is 4.61. The van der Waals surface area contributed by atoms with Crippen LogP contribution in [0.4, 0.5) is 19.1 Å². The minimum absolute atomic E-state index is 0.00887. The fourth-order valence-corrected chi connectivity index (χ4v) is 3.77. The van der Waals surface area contributed by atoms with Gasteiger partial charge in [0, 0.05) is 27.6 Å². The SMILES string of the molecule is N#Cc1cc(C2=NOC(c3cc(Cl)cc(Cl)c3)(C(F)(F)F)C2)ccc1-n1cnc(N)n1. The number of anilines is 1. The van der Waals surface area contributed by atoms with Crippen LogP contribution in [0.5, 0.6) is 0 Å². The van der Waals surface area contributed by atoms with Crippen molar-refractivity contribution in [2.45, 2.75) is 18.2 Å². The number of hydrogen-bond donors (Lipinski definition) is 1. The van der Waals surface area contributed by atoms with Crippen molar-refractivity contribution in [3.05, 3.63) is 69.5 Å². The number of benzene rings is 2. The standard InChI is InChI=1S/C19H11Cl2F3N6O/c20-13-4-12(5-14(21)6-13)18(19(22,23)24)7-15(29-31-18)10-1-2-16(11(3-10)8-25)30-9-27-17(26)28-30/h1-6,9H,7H2,(H2,26,28). The summed E-state index contributed by atoms with van der Waals surface area (Å²) in [5.41, 5.74) is 3.26. The third-order valence-corrected chi connectivity index (χ3v) is 5.16. The van der Waals surface area contributed by atoms with Crippen LogP contribution >= 0.6 is 23.2 Å². The van der Waals surface area contributed by atoms with Gasteiger partial charge in [0.2, 0.25) is 5.95 Å². The highest BCUT2D eigenvalue weighted by atomic mass is 35.5. The maximum atomic E-state index is 14.1. The average Bonchev–Trinajstić information content (AvgIpc) is 3.34. The summed E-state index contributed by atoms with van der Waals surface area (Å²) >= 11 is 11.8. The van der Waals surface area contributed by atoms with Crippen LogP contribution in [0.15, 0.2) is 47.9 Å². The Kier molecular flexibility index (Phi) is 5.03. The van der Waals surface area contributed by atoms with E-state index in [0.29, 0.717) is 5.69 Å². The summed E-state index contributed by atoms with van der Waals surface area (Å²) in [5, 5.41) is 17.2. The number of hydrogen-bond acceptors (Lipinski definition) is 6. The maximum absolute atomic E-state index is 14.1. The van der Waals surface area contributed by atoms with E-state index in [1.165, 1.54) is 35.3 Å². The zero-order chi connectivity index (χ0) is 22.4. The second-order valence-electron chi connectivity index (χ2n) is 6.68. The molecule has 4 rings (SSSR count). The molecule has 2 N–H and O–H groups in total. The van der Waals surface area contributed by atoms with Gasteiger partial charge in [-0.2, -0.15) is 18.4 Å². The molecule has 0 amide bonds. The van der Waals surface area contributed by atoms with E-state index in [1.54, 1.807) is 0 Å². The van der Waals surface area contributed by atoms with Crippen LogP contribution < -0.4 is 5.73 Å². The molecular formula is C19H11Cl2F3N6O. The minimum Gasteiger partial charge on any atom is -0.374 e. The van der Waals surface area contributed by atoms with Crippen LogP contribution in [-0.4, -0.2) is 26.7 Å². The Morgan fingerprint density at radius 3 is 2.45 bits per heavy atom. The number of nitrogen functional groups attached to an aromatic ring is 1. The van der Waals surface area contributed by atoms with Crippen LogP contribution in [0.1, 0.15) is 23.1 Å². The third-order valence-electron chi connectivity index (χ3n) is 4.72. The highest BCUT2D eigenvalue weighted by Crippen LogP contribution is 2.49. The lowest BCUT2D eigenvalue weighted by molar-refractivity contribution is -0.275. The van der Waals surface area contributed by atoms with Gasteiger partial charge in [0.15, 0.2) is 0 Å².